The summed E-state index contributed by atoms with van der Waals surface area (Å²) in [6.45, 7) is 3.06. The number of nitriles is 1. The van der Waals surface area contributed by atoms with E-state index in [9.17, 15) is 4.39 Å². The zero-order chi connectivity index (χ0) is 15.0. The first kappa shape index (κ1) is 16.2. The Bertz CT molecular complexity index is 540. The van der Waals surface area contributed by atoms with Gasteiger partial charge in [0.2, 0.25) is 0 Å². The molecule has 0 spiro atoms. The van der Waals surface area contributed by atoms with Crippen LogP contribution in [0.2, 0.25) is 0 Å². The number of hydrogen-bond acceptors (Lipinski definition) is 3. The second kappa shape index (κ2) is 8.32. The van der Waals surface area contributed by atoms with Gasteiger partial charge < -0.3 is 10.0 Å². The first-order chi connectivity index (χ1) is 9.55. The minimum atomic E-state index is -0.322. The van der Waals surface area contributed by atoms with Gasteiger partial charge in [-0.05, 0) is 37.7 Å². The van der Waals surface area contributed by atoms with Crippen LogP contribution in [0.4, 0.5) is 4.39 Å². The maximum atomic E-state index is 13.5. The molecule has 0 saturated carbocycles. The molecule has 0 fully saturated rings. The molecule has 1 aromatic rings. The monoisotopic (exact) mass is 274 g/mol. The van der Waals surface area contributed by atoms with Crippen molar-refractivity contribution in [2.24, 2.45) is 5.92 Å². The molecule has 106 valence electrons. The van der Waals surface area contributed by atoms with Crippen LogP contribution in [0.1, 0.15) is 24.5 Å². The maximum absolute atomic E-state index is 13.5. The molecule has 20 heavy (non-hydrogen) atoms. The van der Waals surface area contributed by atoms with Crippen molar-refractivity contribution >= 4 is 0 Å². The predicted octanol–water partition coefficient (Wildman–Crippen LogP) is 2.15. The summed E-state index contributed by atoms with van der Waals surface area (Å²) in [6.07, 6.45) is 0.380. The van der Waals surface area contributed by atoms with Gasteiger partial charge in [0.05, 0.1) is 18.6 Å². The van der Waals surface area contributed by atoms with Crippen molar-refractivity contribution in [2.45, 2.75) is 19.9 Å². The zero-order valence-corrected chi connectivity index (χ0v) is 11.9. The lowest BCUT2D eigenvalue weighted by Gasteiger charge is -2.18. The third kappa shape index (κ3) is 5.84. The zero-order valence-electron chi connectivity index (χ0n) is 11.9. The van der Waals surface area contributed by atoms with Gasteiger partial charge in [0.1, 0.15) is 5.82 Å². The van der Waals surface area contributed by atoms with E-state index in [1.54, 1.807) is 0 Å². The highest BCUT2D eigenvalue weighted by Crippen LogP contribution is 2.11. The second-order valence-electron chi connectivity index (χ2n) is 4.85. The Hall–Kier alpha value is -1.88. The lowest BCUT2D eigenvalue weighted by molar-refractivity contribution is 0.302. The molecule has 1 N–H and O–H groups in total. The van der Waals surface area contributed by atoms with Gasteiger partial charge >= 0.3 is 0 Å². The summed E-state index contributed by atoms with van der Waals surface area (Å²) in [5.74, 6) is 5.23. The molecule has 1 aromatic carbocycles. The summed E-state index contributed by atoms with van der Waals surface area (Å²) in [5.41, 5.74) is 1.43. The number of rotatable bonds is 5. The molecule has 0 amide bonds. The first-order valence-corrected chi connectivity index (χ1v) is 6.52. The number of nitrogens with zero attached hydrogens (tertiary/aromatic N) is 2. The molecule has 0 saturated heterocycles. The van der Waals surface area contributed by atoms with E-state index < -0.39 is 0 Å². The molecule has 1 rings (SSSR count). The third-order valence-electron chi connectivity index (χ3n) is 2.69. The van der Waals surface area contributed by atoms with Gasteiger partial charge in [-0.3, -0.25) is 0 Å². The predicted molar refractivity (Wildman–Crippen MR) is 76.1 cm³/mol. The summed E-state index contributed by atoms with van der Waals surface area (Å²) in [6, 6.07) is 6.87. The van der Waals surface area contributed by atoms with Crippen LogP contribution in [0.3, 0.4) is 0 Å². The molecule has 4 heteroatoms. The molecule has 0 heterocycles. The fourth-order valence-corrected chi connectivity index (χ4v) is 1.92. The number of halogens is 1. The van der Waals surface area contributed by atoms with Crippen molar-refractivity contribution in [1.82, 2.24) is 4.90 Å². The quantitative estimate of drug-likeness (QED) is 0.837. The topological polar surface area (TPSA) is 47.3 Å². The Balaban J connectivity index is 2.76. The fourth-order valence-electron chi connectivity index (χ4n) is 1.92. The molecule has 0 aliphatic carbocycles. The Morgan fingerprint density at radius 2 is 2.15 bits per heavy atom. The van der Waals surface area contributed by atoms with Gasteiger partial charge in [-0.1, -0.05) is 11.8 Å². The molecule has 0 radical (unpaired) electrons. The minimum Gasteiger partial charge on any atom is -0.395 e. The Labute approximate surface area is 119 Å². The molecular formula is C16H19FN2O. The van der Waals surface area contributed by atoms with Crippen LogP contribution >= 0.6 is 0 Å². The van der Waals surface area contributed by atoms with Crippen LogP contribution in [-0.4, -0.2) is 30.2 Å². The summed E-state index contributed by atoms with van der Waals surface area (Å²) < 4.78 is 13.5. The standard InChI is InChI=1S/C16H19FN2O/c1-13(10-18)11-19(2)12-15-7-14(5-3-4-6-20)8-16(17)9-15/h7-9,13,20H,4,6,11-12H2,1-2H3. The van der Waals surface area contributed by atoms with Crippen molar-refractivity contribution in [3.8, 4) is 17.9 Å². The maximum Gasteiger partial charge on any atom is 0.124 e. The van der Waals surface area contributed by atoms with Gasteiger partial charge in [-0.25, -0.2) is 4.39 Å². The average molecular weight is 274 g/mol. The fraction of sp³-hybridized carbons (Fsp3) is 0.438. The van der Waals surface area contributed by atoms with E-state index in [1.165, 1.54) is 12.1 Å². The minimum absolute atomic E-state index is 0.00393. The molecule has 0 aliphatic heterocycles. The smallest absolute Gasteiger partial charge is 0.124 e. The Morgan fingerprint density at radius 1 is 1.40 bits per heavy atom. The summed E-state index contributed by atoms with van der Waals surface area (Å²) in [5, 5.41) is 17.5. The molecular weight excluding hydrogens is 255 g/mol. The van der Waals surface area contributed by atoms with Crippen LogP contribution in [-0.2, 0) is 6.54 Å². The lowest BCUT2D eigenvalue weighted by atomic mass is 10.1. The SMILES string of the molecule is CC(C#N)CN(C)Cc1cc(F)cc(C#CCCO)c1. The van der Waals surface area contributed by atoms with Crippen LogP contribution in [0.25, 0.3) is 0 Å². The Morgan fingerprint density at radius 3 is 2.80 bits per heavy atom. The average Bonchev–Trinajstić information content (AvgIpc) is 2.38. The van der Waals surface area contributed by atoms with Crippen LogP contribution in [0, 0.1) is 34.9 Å². The van der Waals surface area contributed by atoms with Crippen LogP contribution in [0.5, 0.6) is 0 Å². The second-order valence-corrected chi connectivity index (χ2v) is 4.85. The van der Waals surface area contributed by atoms with Gasteiger partial charge in [0.15, 0.2) is 0 Å². The highest BCUT2D eigenvalue weighted by Gasteiger charge is 2.07. The van der Waals surface area contributed by atoms with E-state index >= 15 is 0 Å². The van der Waals surface area contributed by atoms with E-state index in [0.717, 1.165) is 5.56 Å². The molecule has 0 aromatic heterocycles. The van der Waals surface area contributed by atoms with Crippen molar-refractivity contribution in [3.05, 3.63) is 35.1 Å². The first-order valence-electron chi connectivity index (χ1n) is 6.52. The summed E-state index contributed by atoms with van der Waals surface area (Å²) >= 11 is 0. The molecule has 3 nitrogen and oxygen atoms in total. The summed E-state index contributed by atoms with van der Waals surface area (Å²) in [4.78, 5) is 1.98. The van der Waals surface area contributed by atoms with E-state index in [4.69, 9.17) is 10.4 Å². The van der Waals surface area contributed by atoms with Crippen molar-refractivity contribution in [2.75, 3.05) is 20.2 Å². The molecule has 1 atom stereocenters. The van der Waals surface area contributed by atoms with E-state index in [0.29, 0.717) is 25.1 Å². The number of aliphatic hydroxyl groups excluding tert-OH is 1. The van der Waals surface area contributed by atoms with Crippen LogP contribution < -0.4 is 0 Å². The number of hydrogen-bond donors (Lipinski definition) is 1. The normalized spacial score (nSPS) is 11.6. The van der Waals surface area contributed by atoms with E-state index in [-0.39, 0.29) is 18.3 Å². The van der Waals surface area contributed by atoms with E-state index in [1.807, 2.05) is 24.9 Å². The lowest BCUT2D eigenvalue weighted by Crippen LogP contribution is -2.23. The van der Waals surface area contributed by atoms with Gasteiger partial charge in [0, 0.05) is 25.1 Å². The van der Waals surface area contributed by atoms with E-state index in [2.05, 4.69) is 17.9 Å². The highest BCUT2D eigenvalue weighted by atomic mass is 19.1. The molecule has 0 bridgehead atoms. The largest absolute Gasteiger partial charge is 0.395 e. The molecule has 1 unspecified atom stereocenters. The van der Waals surface area contributed by atoms with Gasteiger partial charge in [-0.15, -0.1) is 0 Å². The number of benzene rings is 1. The number of aliphatic hydroxyl groups is 1. The van der Waals surface area contributed by atoms with Gasteiger partial charge in [0.25, 0.3) is 0 Å². The highest BCUT2D eigenvalue weighted by molar-refractivity contribution is 5.37. The molecule has 0 aliphatic rings. The van der Waals surface area contributed by atoms with Crippen LogP contribution in [0.15, 0.2) is 18.2 Å². The van der Waals surface area contributed by atoms with Crippen molar-refractivity contribution in [1.29, 1.82) is 5.26 Å². The van der Waals surface area contributed by atoms with Gasteiger partial charge in [-0.2, -0.15) is 5.26 Å². The summed E-state index contributed by atoms with van der Waals surface area (Å²) in [7, 11) is 1.90. The Kier molecular flexibility index (Phi) is 6.73. The van der Waals surface area contributed by atoms with Crippen molar-refractivity contribution < 1.29 is 9.50 Å². The van der Waals surface area contributed by atoms with Crippen molar-refractivity contribution in [3.63, 3.8) is 0 Å². The third-order valence-corrected chi connectivity index (χ3v) is 2.69.